The predicted molar refractivity (Wildman–Crippen MR) is 171 cm³/mol. The minimum absolute atomic E-state index is 0.272. The monoisotopic (exact) mass is 612 g/mol. The third kappa shape index (κ3) is 31.1. The molecule has 0 aliphatic carbocycles. The van der Waals surface area contributed by atoms with E-state index in [0.717, 1.165) is 77.0 Å². The maximum absolute atomic E-state index is 12.0. The molecule has 0 aromatic rings. The second-order valence-electron chi connectivity index (χ2n) is 10.8. The van der Waals surface area contributed by atoms with E-state index in [1.807, 2.05) is 0 Å². The number of rotatable bonds is 28. The molecule has 0 aliphatic rings. The van der Waals surface area contributed by atoms with Gasteiger partial charge >= 0.3 is 165 Å². The Labute approximate surface area is 260 Å². The van der Waals surface area contributed by atoms with Gasteiger partial charge in [0, 0.05) is 0 Å². The van der Waals surface area contributed by atoms with E-state index in [9.17, 15) is 9.59 Å². The van der Waals surface area contributed by atoms with Crippen molar-refractivity contribution in [2.75, 3.05) is 0 Å². The SMILES string of the molecule is CCCCC/C=C\C/C=C\CCCCCCCC(=O)OOC(=O)[C](=[Fe])CCCCCC/C=C\C/C=C\CCCCC. The van der Waals surface area contributed by atoms with E-state index in [1.54, 1.807) is 0 Å². The van der Waals surface area contributed by atoms with Crippen LogP contribution in [0.25, 0.3) is 0 Å². The Bertz CT molecular complexity index is 751. The van der Waals surface area contributed by atoms with Crippen molar-refractivity contribution in [1.82, 2.24) is 0 Å². The zero-order chi connectivity index (χ0) is 30.1. The van der Waals surface area contributed by atoms with Gasteiger partial charge in [0.05, 0.1) is 0 Å². The third-order valence-electron chi connectivity index (χ3n) is 6.85. The third-order valence-corrected chi connectivity index (χ3v) is 7.35. The van der Waals surface area contributed by atoms with Crippen LogP contribution in [0.1, 0.15) is 162 Å². The average Bonchev–Trinajstić information content (AvgIpc) is 2.97. The van der Waals surface area contributed by atoms with Crippen LogP contribution < -0.4 is 0 Å². The number of allylic oxidation sites excluding steroid dienone is 8. The molecule has 41 heavy (non-hydrogen) atoms. The van der Waals surface area contributed by atoms with E-state index in [-0.39, 0.29) is 6.42 Å². The normalized spacial score (nSPS) is 11.9. The molecule has 4 nitrogen and oxygen atoms in total. The number of carbonyl (C=O) groups is 2. The fourth-order valence-corrected chi connectivity index (χ4v) is 4.50. The zero-order valence-corrected chi connectivity index (χ0v) is 27.5. The van der Waals surface area contributed by atoms with Crippen molar-refractivity contribution < 1.29 is 34.9 Å². The average molecular weight is 613 g/mol. The molecule has 0 spiro atoms. The fourth-order valence-electron chi connectivity index (χ4n) is 4.26. The van der Waals surface area contributed by atoms with Crippen LogP contribution in [0.5, 0.6) is 0 Å². The van der Waals surface area contributed by atoms with Crippen LogP contribution in [-0.2, 0) is 34.9 Å². The van der Waals surface area contributed by atoms with Gasteiger partial charge in [0.1, 0.15) is 0 Å². The summed E-state index contributed by atoms with van der Waals surface area (Å²) in [7, 11) is 0. The molecule has 0 heterocycles. The predicted octanol–water partition coefficient (Wildman–Crippen LogP) is 10.9. The summed E-state index contributed by atoms with van der Waals surface area (Å²) >= 11 is 3.79. The second-order valence-corrected chi connectivity index (χ2v) is 11.5. The smallest absolute Gasteiger partial charge is 0.0654 e. The topological polar surface area (TPSA) is 52.6 Å². The van der Waals surface area contributed by atoms with Gasteiger partial charge in [-0.1, -0.05) is 63.8 Å². The molecule has 0 saturated heterocycles. The van der Waals surface area contributed by atoms with Crippen molar-refractivity contribution in [3.05, 3.63) is 48.6 Å². The Morgan fingerprint density at radius 1 is 0.488 bits per heavy atom. The molecule has 0 rings (SSSR count). The molecule has 0 unspecified atom stereocenters. The quantitative estimate of drug-likeness (QED) is 0.0290. The van der Waals surface area contributed by atoms with Gasteiger partial charge in [0.2, 0.25) is 0 Å². The Hall–Kier alpha value is -1.71. The molecule has 0 fully saturated rings. The first-order valence-corrected chi connectivity index (χ1v) is 17.2. The first-order chi connectivity index (χ1) is 20.1. The number of hydrogen-bond donors (Lipinski definition) is 0. The van der Waals surface area contributed by atoms with Gasteiger partial charge in [0.15, 0.2) is 0 Å². The number of hydrogen-bond acceptors (Lipinski definition) is 4. The molecule has 0 aromatic carbocycles. The van der Waals surface area contributed by atoms with Gasteiger partial charge in [-0.2, -0.15) is 0 Å². The first kappa shape index (κ1) is 39.3. The van der Waals surface area contributed by atoms with E-state index in [4.69, 9.17) is 9.78 Å². The minimum Gasteiger partial charge on any atom is -0.0654 e. The molecule has 0 saturated carbocycles. The molecular weight excluding hydrogens is 552 g/mol. The first-order valence-electron chi connectivity index (χ1n) is 16.6. The van der Waals surface area contributed by atoms with Crippen LogP contribution in [-0.4, -0.2) is 16.4 Å². The molecule has 0 aliphatic heterocycles. The summed E-state index contributed by atoms with van der Waals surface area (Å²) in [5.41, 5.74) is 0. The fraction of sp³-hybridized carbons (Fsp3) is 0.694. The Morgan fingerprint density at radius 3 is 1.34 bits per heavy atom. The van der Waals surface area contributed by atoms with Gasteiger partial charge in [-0.15, -0.1) is 0 Å². The minimum atomic E-state index is -0.635. The summed E-state index contributed by atoms with van der Waals surface area (Å²) in [4.78, 5) is 33.2. The summed E-state index contributed by atoms with van der Waals surface area (Å²) in [5, 5.41) is 0. The van der Waals surface area contributed by atoms with Crippen LogP contribution in [0.15, 0.2) is 48.6 Å². The van der Waals surface area contributed by atoms with Crippen molar-refractivity contribution in [1.29, 1.82) is 0 Å². The van der Waals surface area contributed by atoms with Crippen molar-refractivity contribution in [2.24, 2.45) is 0 Å². The number of unbranched alkanes of at least 4 members (excludes halogenated alkanes) is 15. The van der Waals surface area contributed by atoms with Gasteiger partial charge in [-0.3, -0.25) is 0 Å². The van der Waals surface area contributed by atoms with E-state index in [1.165, 1.54) is 57.8 Å². The summed E-state index contributed by atoms with van der Waals surface area (Å²) < 4.78 is 0.362. The van der Waals surface area contributed by atoms with E-state index < -0.39 is 11.9 Å². The molecular formula is C36H60FeO4. The molecule has 0 amide bonds. The van der Waals surface area contributed by atoms with E-state index in [2.05, 4.69) is 78.0 Å². The second kappa shape index (κ2) is 32.8. The van der Waals surface area contributed by atoms with Crippen molar-refractivity contribution in [2.45, 2.75) is 162 Å². The van der Waals surface area contributed by atoms with Crippen LogP contribution >= 0.6 is 0 Å². The summed E-state index contributed by atoms with van der Waals surface area (Å²) in [6.45, 7) is 4.47. The van der Waals surface area contributed by atoms with Crippen molar-refractivity contribution >= 4 is 16.4 Å². The van der Waals surface area contributed by atoms with Crippen LogP contribution in [0.4, 0.5) is 0 Å². The summed E-state index contributed by atoms with van der Waals surface area (Å²) in [5.74, 6) is -1.12. The van der Waals surface area contributed by atoms with E-state index >= 15 is 0 Å². The summed E-state index contributed by atoms with van der Waals surface area (Å²) in [6.07, 6.45) is 42.8. The maximum atomic E-state index is 12.0. The van der Waals surface area contributed by atoms with Crippen molar-refractivity contribution in [3.8, 4) is 0 Å². The van der Waals surface area contributed by atoms with Crippen LogP contribution in [0.3, 0.4) is 0 Å². The summed E-state index contributed by atoms with van der Waals surface area (Å²) in [6, 6.07) is 0. The zero-order valence-electron chi connectivity index (χ0n) is 26.4. The molecule has 0 bridgehead atoms. The van der Waals surface area contributed by atoms with Crippen LogP contribution in [0, 0.1) is 0 Å². The van der Waals surface area contributed by atoms with Gasteiger partial charge in [-0.05, 0) is 32.1 Å². The Balaban J connectivity index is 3.56. The standard InChI is InChI=1S/C36H60O4.Fe/c1-3-5-7-9-11-13-15-17-19-21-23-25-27-29-31-33-35(37)39-40-36(38)34-32-30-28-26-24-22-20-18-16-14-12-10-8-6-4-2;/h11-14,17-20H,3-10,15-16,21-33H2,1-2H3;/b13-11-,14-12-,19-17-,20-18-;. The van der Waals surface area contributed by atoms with Crippen LogP contribution in [0.2, 0.25) is 0 Å². The molecule has 0 N–H and O–H groups in total. The van der Waals surface area contributed by atoms with Gasteiger partial charge in [0.25, 0.3) is 0 Å². The molecule has 0 radical (unpaired) electrons. The molecule has 0 aromatic heterocycles. The molecule has 0 atom stereocenters. The Kier molecular flexibility index (Phi) is 31.4. The van der Waals surface area contributed by atoms with E-state index in [0.29, 0.717) is 10.8 Å². The number of carbonyl (C=O) groups excluding carboxylic acids is 2. The van der Waals surface area contributed by atoms with Gasteiger partial charge in [-0.25, -0.2) is 0 Å². The van der Waals surface area contributed by atoms with Crippen molar-refractivity contribution in [3.63, 3.8) is 0 Å². The van der Waals surface area contributed by atoms with Gasteiger partial charge < -0.3 is 0 Å². The molecule has 236 valence electrons. The Morgan fingerprint density at radius 2 is 0.878 bits per heavy atom. The molecule has 5 heteroatoms.